The fourth-order valence-electron chi connectivity index (χ4n) is 6.58. The van der Waals surface area contributed by atoms with Gasteiger partial charge >= 0.3 is 5.97 Å². The molecule has 1 aromatic rings. The summed E-state index contributed by atoms with van der Waals surface area (Å²) in [4.78, 5) is 13.6. The van der Waals surface area contributed by atoms with E-state index in [1.165, 1.54) is 18.1 Å². The summed E-state index contributed by atoms with van der Waals surface area (Å²) in [6, 6.07) is 4.73. The smallest absolute Gasteiger partial charge is 0.302 e. The maximum atomic E-state index is 11.0. The van der Waals surface area contributed by atoms with Gasteiger partial charge in [-0.05, 0) is 56.8 Å². The third-order valence-electron chi connectivity index (χ3n) is 8.17. The van der Waals surface area contributed by atoms with Crippen molar-refractivity contribution in [3.05, 3.63) is 35.4 Å². The average Bonchev–Trinajstić information content (AvgIpc) is 3.17. The fourth-order valence-corrected chi connectivity index (χ4v) is 6.58. The van der Waals surface area contributed by atoms with Crippen LogP contribution in [0.2, 0.25) is 0 Å². The van der Waals surface area contributed by atoms with Gasteiger partial charge in [-0.15, -0.1) is 0 Å². The normalized spacial score (nSPS) is 31.5. The standard InChI is InChI=1S/C27H37NO6/c1-17(15-32-18(2)29)6-5-13-31-23-10-8-20-21-14-19-7-9-22(33-16-30-4)25-24(19)27(20,26(23)34-25)11-12-28(21)3/h7-10,17,20-21,23,26H,5-6,11-16H2,1-4H3/t17?,20-,21+,23-,26-,27-/m0/s1. The van der Waals surface area contributed by atoms with Crippen molar-refractivity contribution in [3.63, 3.8) is 0 Å². The highest BCUT2D eigenvalue weighted by molar-refractivity contribution is 5.65. The van der Waals surface area contributed by atoms with E-state index in [1.54, 1.807) is 7.11 Å². The Kier molecular flexibility index (Phi) is 6.62. The third-order valence-corrected chi connectivity index (χ3v) is 8.17. The van der Waals surface area contributed by atoms with E-state index in [4.69, 9.17) is 23.7 Å². The molecule has 2 aliphatic heterocycles. The molecule has 7 nitrogen and oxygen atoms in total. The predicted molar refractivity (Wildman–Crippen MR) is 127 cm³/mol. The molecule has 7 heteroatoms. The van der Waals surface area contributed by atoms with Crippen LogP contribution in [0.25, 0.3) is 0 Å². The average molecular weight is 472 g/mol. The maximum absolute atomic E-state index is 11.0. The molecule has 186 valence electrons. The molecule has 1 aromatic carbocycles. The number of carbonyl (C=O) groups excluding carboxylic acids is 1. The first-order valence-electron chi connectivity index (χ1n) is 12.5. The van der Waals surface area contributed by atoms with Gasteiger partial charge in [0, 0.05) is 43.6 Å². The summed E-state index contributed by atoms with van der Waals surface area (Å²) in [6.45, 7) is 5.93. The summed E-state index contributed by atoms with van der Waals surface area (Å²) >= 11 is 0. The van der Waals surface area contributed by atoms with Crippen LogP contribution < -0.4 is 9.47 Å². The number of hydrogen-bond acceptors (Lipinski definition) is 7. The van der Waals surface area contributed by atoms with E-state index >= 15 is 0 Å². The molecule has 4 aliphatic rings. The van der Waals surface area contributed by atoms with Crippen LogP contribution in [0.1, 0.15) is 44.2 Å². The quantitative estimate of drug-likeness (QED) is 0.224. The Morgan fingerprint density at radius 2 is 2.18 bits per heavy atom. The molecule has 6 atom stereocenters. The van der Waals surface area contributed by atoms with E-state index in [2.05, 4.69) is 37.1 Å². The van der Waals surface area contributed by atoms with Gasteiger partial charge < -0.3 is 28.6 Å². The van der Waals surface area contributed by atoms with Crippen molar-refractivity contribution in [2.24, 2.45) is 11.8 Å². The second kappa shape index (κ2) is 9.51. The molecular formula is C27H37NO6. The lowest BCUT2D eigenvalue weighted by Crippen LogP contribution is -2.65. The molecule has 1 spiro atoms. The Hall–Kier alpha value is -2.09. The van der Waals surface area contributed by atoms with Crippen LogP contribution in [0.15, 0.2) is 24.3 Å². The highest BCUT2D eigenvalue weighted by atomic mass is 16.7. The van der Waals surface area contributed by atoms with Gasteiger partial charge in [0.15, 0.2) is 18.3 Å². The second-order valence-corrected chi connectivity index (χ2v) is 10.4. The summed E-state index contributed by atoms with van der Waals surface area (Å²) in [6.07, 6.45) is 8.42. The summed E-state index contributed by atoms with van der Waals surface area (Å²) in [5, 5.41) is 0. The van der Waals surface area contributed by atoms with Crippen molar-refractivity contribution in [1.29, 1.82) is 0 Å². The predicted octanol–water partition coefficient (Wildman–Crippen LogP) is 3.48. The van der Waals surface area contributed by atoms with Crippen LogP contribution in [0, 0.1) is 11.8 Å². The lowest BCUT2D eigenvalue weighted by atomic mass is 9.53. The van der Waals surface area contributed by atoms with Gasteiger partial charge in [0.25, 0.3) is 0 Å². The van der Waals surface area contributed by atoms with Crippen LogP contribution in [-0.2, 0) is 30.8 Å². The number of carbonyl (C=O) groups is 1. The maximum Gasteiger partial charge on any atom is 0.302 e. The van der Waals surface area contributed by atoms with Crippen LogP contribution in [-0.4, -0.2) is 69.8 Å². The summed E-state index contributed by atoms with van der Waals surface area (Å²) in [5.41, 5.74) is 2.64. The molecule has 0 amide bonds. The number of esters is 1. The third kappa shape index (κ3) is 3.91. The van der Waals surface area contributed by atoms with Gasteiger partial charge in [0.2, 0.25) is 0 Å². The van der Waals surface area contributed by atoms with E-state index in [9.17, 15) is 4.79 Å². The van der Waals surface area contributed by atoms with Crippen molar-refractivity contribution in [1.82, 2.24) is 4.90 Å². The zero-order valence-electron chi connectivity index (χ0n) is 20.7. The molecule has 2 bridgehead atoms. The van der Waals surface area contributed by atoms with Crippen molar-refractivity contribution in [3.8, 4) is 11.5 Å². The highest BCUT2D eigenvalue weighted by Crippen LogP contribution is 2.62. The van der Waals surface area contributed by atoms with Gasteiger partial charge in [0.1, 0.15) is 12.2 Å². The lowest BCUT2D eigenvalue weighted by molar-refractivity contribution is -0.142. The zero-order valence-corrected chi connectivity index (χ0v) is 20.7. The Balaban J connectivity index is 1.35. The van der Waals surface area contributed by atoms with Gasteiger partial charge in [0.05, 0.1) is 6.61 Å². The summed E-state index contributed by atoms with van der Waals surface area (Å²) < 4.78 is 29.4. The molecule has 0 aromatic heterocycles. The van der Waals surface area contributed by atoms with Crippen molar-refractivity contribution < 1.29 is 28.5 Å². The van der Waals surface area contributed by atoms with E-state index in [0.717, 1.165) is 43.7 Å². The Morgan fingerprint density at radius 3 is 2.97 bits per heavy atom. The first-order chi connectivity index (χ1) is 16.5. The Labute approximate surface area is 202 Å². The number of ether oxygens (including phenoxy) is 5. The largest absolute Gasteiger partial charge is 0.482 e. The molecule has 34 heavy (non-hydrogen) atoms. The number of piperidine rings is 1. The Morgan fingerprint density at radius 1 is 1.32 bits per heavy atom. The van der Waals surface area contributed by atoms with Crippen LogP contribution >= 0.6 is 0 Å². The molecule has 1 fully saturated rings. The van der Waals surface area contributed by atoms with Gasteiger partial charge in [-0.2, -0.15) is 0 Å². The topological polar surface area (TPSA) is 66.5 Å². The number of hydrogen-bond donors (Lipinski definition) is 0. The number of nitrogens with zero attached hydrogens (tertiary/aromatic N) is 1. The number of likely N-dealkylation sites (N-methyl/N-ethyl adjacent to an activating group) is 1. The minimum Gasteiger partial charge on any atom is -0.482 e. The molecule has 0 radical (unpaired) electrons. The van der Waals surface area contributed by atoms with Crippen molar-refractivity contribution in [2.75, 3.05) is 40.7 Å². The SMILES string of the molecule is COCOc1ccc2c3c1O[C@H]1[C@@H](OCCCC(C)COC(C)=O)C=C[C@H]4[C@@H](C2)N(C)CC[C@@]341. The molecule has 1 saturated heterocycles. The van der Waals surface area contributed by atoms with E-state index in [0.29, 0.717) is 31.1 Å². The molecule has 0 saturated carbocycles. The van der Waals surface area contributed by atoms with E-state index in [1.807, 2.05) is 6.07 Å². The molecule has 1 unspecified atom stereocenters. The Bertz CT molecular complexity index is 947. The number of likely N-dealkylation sites (tertiary alicyclic amines) is 1. The van der Waals surface area contributed by atoms with E-state index < -0.39 is 0 Å². The van der Waals surface area contributed by atoms with Crippen LogP contribution in [0.5, 0.6) is 11.5 Å². The number of rotatable bonds is 10. The minimum absolute atomic E-state index is 0.0569. The summed E-state index contributed by atoms with van der Waals surface area (Å²) in [7, 11) is 3.88. The monoisotopic (exact) mass is 471 g/mol. The highest BCUT2D eigenvalue weighted by Gasteiger charge is 2.64. The second-order valence-electron chi connectivity index (χ2n) is 10.4. The lowest BCUT2D eigenvalue weighted by Gasteiger charge is -2.56. The molecule has 0 N–H and O–H groups in total. The van der Waals surface area contributed by atoms with Crippen molar-refractivity contribution in [2.45, 2.75) is 63.2 Å². The van der Waals surface area contributed by atoms with Gasteiger partial charge in [-0.3, -0.25) is 4.79 Å². The molecular weight excluding hydrogens is 434 g/mol. The fraction of sp³-hybridized carbons (Fsp3) is 0.667. The molecule has 2 aliphatic carbocycles. The van der Waals surface area contributed by atoms with Gasteiger partial charge in [-0.25, -0.2) is 0 Å². The minimum atomic E-state index is -0.223. The van der Waals surface area contributed by atoms with E-state index in [-0.39, 0.29) is 30.4 Å². The number of methoxy groups -OCH3 is 1. The summed E-state index contributed by atoms with van der Waals surface area (Å²) in [5.74, 6) is 2.16. The first-order valence-corrected chi connectivity index (χ1v) is 12.5. The first kappa shape index (κ1) is 23.6. The van der Waals surface area contributed by atoms with Crippen molar-refractivity contribution >= 4 is 5.97 Å². The van der Waals surface area contributed by atoms with Crippen LogP contribution in [0.4, 0.5) is 0 Å². The van der Waals surface area contributed by atoms with Gasteiger partial charge in [-0.1, -0.05) is 25.1 Å². The number of benzene rings is 1. The van der Waals surface area contributed by atoms with Crippen LogP contribution in [0.3, 0.4) is 0 Å². The molecule has 2 heterocycles. The zero-order chi connectivity index (χ0) is 23.9. The molecule has 5 rings (SSSR count).